The third-order valence-electron chi connectivity index (χ3n) is 4.47. The molecule has 0 spiro atoms. The van der Waals surface area contributed by atoms with Crippen LogP contribution in [0.4, 0.5) is 0 Å². The molecule has 1 saturated heterocycles. The molecule has 26 heavy (non-hydrogen) atoms. The van der Waals surface area contributed by atoms with Crippen LogP contribution in [0.3, 0.4) is 0 Å². The van der Waals surface area contributed by atoms with E-state index in [1.54, 1.807) is 11.3 Å². The first-order valence-electron chi connectivity index (χ1n) is 9.21. The molecule has 0 aliphatic carbocycles. The van der Waals surface area contributed by atoms with Crippen molar-refractivity contribution in [1.29, 1.82) is 0 Å². The highest BCUT2D eigenvalue weighted by molar-refractivity contribution is 7.09. The number of hydrogen-bond acceptors (Lipinski definition) is 5. The number of para-hydroxylation sites is 1. The highest BCUT2D eigenvalue weighted by Crippen LogP contribution is 2.19. The number of likely N-dealkylation sites (tertiary alicyclic amines) is 1. The van der Waals surface area contributed by atoms with E-state index in [9.17, 15) is 4.79 Å². The zero-order chi connectivity index (χ0) is 18.2. The topological polar surface area (TPSA) is 51.7 Å². The van der Waals surface area contributed by atoms with Gasteiger partial charge in [0.05, 0.1) is 18.7 Å². The summed E-state index contributed by atoms with van der Waals surface area (Å²) in [4.78, 5) is 19.1. The summed E-state index contributed by atoms with van der Waals surface area (Å²) in [6.07, 6.45) is 2.56. The minimum absolute atomic E-state index is 0.159. The maximum atomic E-state index is 12.6. The molecule has 2 heterocycles. The van der Waals surface area contributed by atoms with Gasteiger partial charge in [-0.05, 0) is 37.8 Å². The normalized spacial score (nSPS) is 17.3. The summed E-state index contributed by atoms with van der Waals surface area (Å²) in [5, 5.41) is 2.85. The predicted molar refractivity (Wildman–Crippen MR) is 102 cm³/mol. The van der Waals surface area contributed by atoms with Crippen LogP contribution in [0.25, 0.3) is 0 Å². The maximum Gasteiger partial charge on any atom is 0.228 e. The molecule has 2 aromatic rings. The van der Waals surface area contributed by atoms with Gasteiger partial charge in [0.2, 0.25) is 5.91 Å². The number of aromatic nitrogens is 1. The molecule has 1 aromatic heterocycles. The molecule has 1 aliphatic rings. The largest absolute Gasteiger partial charge is 0.486 e. The van der Waals surface area contributed by atoms with Crippen LogP contribution in [0.5, 0.6) is 5.75 Å². The van der Waals surface area contributed by atoms with Crippen molar-refractivity contribution in [3.05, 3.63) is 46.4 Å². The lowest BCUT2D eigenvalue weighted by Gasteiger charge is -2.32. The molecule has 1 atom stereocenters. The van der Waals surface area contributed by atoms with E-state index in [0.717, 1.165) is 55.6 Å². The second-order valence-corrected chi connectivity index (χ2v) is 7.46. The molecule has 6 heteroatoms. The molecule has 0 saturated carbocycles. The van der Waals surface area contributed by atoms with Gasteiger partial charge in [0.15, 0.2) is 0 Å². The molecular formula is C20H26N2O3S. The van der Waals surface area contributed by atoms with E-state index in [2.05, 4.69) is 4.98 Å². The number of nitrogens with zero attached hydrogens (tertiary/aromatic N) is 2. The Hall–Kier alpha value is -1.92. The zero-order valence-electron chi connectivity index (χ0n) is 15.2. The number of carbonyl (C=O) groups is 1. The quantitative estimate of drug-likeness (QED) is 0.709. The van der Waals surface area contributed by atoms with Crippen molar-refractivity contribution < 1.29 is 14.3 Å². The number of carbonyl (C=O) groups excluding carboxylic acids is 1. The Morgan fingerprint density at radius 1 is 1.35 bits per heavy atom. The van der Waals surface area contributed by atoms with Crippen LogP contribution in [-0.2, 0) is 22.6 Å². The molecule has 3 rings (SSSR count). The van der Waals surface area contributed by atoms with E-state index in [4.69, 9.17) is 9.47 Å². The van der Waals surface area contributed by atoms with Crippen LogP contribution in [0.15, 0.2) is 35.7 Å². The van der Waals surface area contributed by atoms with Crippen LogP contribution in [0, 0.1) is 5.92 Å². The molecule has 0 radical (unpaired) electrons. The summed E-state index contributed by atoms with van der Waals surface area (Å²) in [5.74, 6) is 1.44. The SMILES string of the molecule is CCOCC1CCCN(C(=O)Cc2csc(COc3ccccc3)n2)C1. The van der Waals surface area contributed by atoms with E-state index in [-0.39, 0.29) is 5.91 Å². The molecule has 5 nitrogen and oxygen atoms in total. The Morgan fingerprint density at radius 3 is 3.00 bits per heavy atom. The minimum atomic E-state index is 0.159. The maximum absolute atomic E-state index is 12.6. The van der Waals surface area contributed by atoms with Crippen LogP contribution in [0.2, 0.25) is 0 Å². The molecule has 0 bridgehead atoms. The van der Waals surface area contributed by atoms with Crippen LogP contribution < -0.4 is 4.74 Å². The Morgan fingerprint density at radius 2 is 2.19 bits per heavy atom. The molecule has 1 fully saturated rings. The van der Waals surface area contributed by atoms with Crippen molar-refractivity contribution in [3.63, 3.8) is 0 Å². The summed E-state index contributed by atoms with van der Waals surface area (Å²) in [5.41, 5.74) is 0.832. The van der Waals surface area contributed by atoms with Gasteiger partial charge in [-0.25, -0.2) is 4.98 Å². The summed E-state index contributed by atoms with van der Waals surface area (Å²) >= 11 is 1.54. The molecule has 1 unspecified atom stereocenters. The van der Waals surface area contributed by atoms with Crippen LogP contribution in [-0.4, -0.2) is 42.1 Å². The number of amides is 1. The molecule has 0 N–H and O–H groups in total. The number of benzene rings is 1. The average molecular weight is 375 g/mol. The van der Waals surface area contributed by atoms with Gasteiger partial charge >= 0.3 is 0 Å². The highest BCUT2D eigenvalue weighted by atomic mass is 32.1. The first-order valence-corrected chi connectivity index (χ1v) is 10.1. The van der Waals surface area contributed by atoms with Crippen molar-refractivity contribution in [2.24, 2.45) is 5.92 Å². The lowest BCUT2D eigenvalue weighted by Crippen LogP contribution is -2.42. The fraction of sp³-hybridized carbons (Fsp3) is 0.500. The van der Waals surface area contributed by atoms with Gasteiger partial charge in [0.1, 0.15) is 17.4 Å². The Balaban J connectivity index is 1.48. The summed E-state index contributed by atoms with van der Waals surface area (Å²) in [6.45, 7) is 5.56. The van der Waals surface area contributed by atoms with Crippen molar-refractivity contribution in [2.75, 3.05) is 26.3 Å². The molecular weight excluding hydrogens is 348 g/mol. The number of ether oxygens (including phenoxy) is 2. The highest BCUT2D eigenvalue weighted by Gasteiger charge is 2.24. The standard InChI is InChI=1S/C20H26N2O3S/c1-2-24-13-16-7-6-10-22(12-16)20(23)11-17-15-26-19(21-17)14-25-18-8-4-3-5-9-18/h3-5,8-9,15-16H,2,6-7,10-14H2,1H3. The second kappa shape index (κ2) is 9.69. The van der Waals surface area contributed by atoms with Crippen molar-refractivity contribution >= 4 is 17.2 Å². The summed E-state index contributed by atoms with van der Waals surface area (Å²) < 4.78 is 11.2. The number of rotatable bonds is 8. The number of hydrogen-bond donors (Lipinski definition) is 0. The molecule has 140 valence electrons. The first-order chi connectivity index (χ1) is 12.7. The minimum Gasteiger partial charge on any atom is -0.486 e. The van der Waals surface area contributed by atoms with Gasteiger partial charge in [0.25, 0.3) is 0 Å². The van der Waals surface area contributed by atoms with Crippen molar-refractivity contribution in [3.8, 4) is 5.75 Å². The first kappa shape index (κ1) is 18.9. The second-order valence-electron chi connectivity index (χ2n) is 6.52. The summed E-state index contributed by atoms with van der Waals surface area (Å²) in [7, 11) is 0. The van der Waals surface area contributed by atoms with E-state index in [1.807, 2.05) is 47.5 Å². The Labute approximate surface area is 159 Å². The molecule has 1 aliphatic heterocycles. The van der Waals surface area contributed by atoms with Crippen molar-refractivity contribution in [1.82, 2.24) is 9.88 Å². The molecule has 1 aromatic carbocycles. The lowest BCUT2D eigenvalue weighted by molar-refractivity contribution is -0.132. The monoisotopic (exact) mass is 374 g/mol. The van der Waals surface area contributed by atoms with Gasteiger partial charge in [-0.3, -0.25) is 4.79 Å². The molecule has 1 amide bonds. The predicted octanol–water partition coefficient (Wildman–Crippen LogP) is 3.54. The average Bonchev–Trinajstić information content (AvgIpc) is 3.13. The van der Waals surface area contributed by atoms with E-state index >= 15 is 0 Å². The third kappa shape index (κ3) is 5.54. The van der Waals surface area contributed by atoms with Gasteiger partial charge in [0, 0.05) is 25.1 Å². The Bertz CT molecular complexity index is 689. The lowest BCUT2D eigenvalue weighted by atomic mass is 9.98. The van der Waals surface area contributed by atoms with Gasteiger partial charge in [-0.2, -0.15) is 0 Å². The zero-order valence-corrected chi connectivity index (χ0v) is 16.0. The van der Waals surface area contributed by atoms with E-state index in [0.29, 0.717) is 18.9 Å². The Kier molecular flexibility index (Phi) is 7.03. The third-order valence-corrected chi connectivity index (χ3v) is 5.34. The van der Waals surface area contributed by atoms with Crippen LogP contribution >= 0.6 is 11.3 Å². The van der Waals surface area contributed by atoms with Crippen molar-refractivity contribution in [2.45, 2.75) is 32.8 Å². The van der Waals surface area contributed by atoms with Gasteiger partial charge < -0.3 is 14.4 Å². The fourth-order valence-corrected chi connectivity index (χ4v) is 3.84. The fourth-order valence-electron chi connectivity index (χ4n) is 3.14. The number of thiazole rings is 1. The van der Waals surface area contributed by atoms with Crippen LogP contribution in [0.1, 0.15) is 30.5 Å². The smallest absolute Gasteiger partial charge is 0.228 e. The van der Waals surface area contributed by atoms with E-state index in [1.165, 1.54) is 0 Å². The number of piperidine rings is 1. The van der Waals surface area contributed by atoms with Gasteiger partial charge in [-0.1, -0.05) is 18.2 Å². The van der Waals surface area contributed by atoms with Gasteiger partial charge in [-0.15, -0.1) is 11.3 Å². The summed E-state index contributed by atoms with van der Waals surface area (Å²) in [6, 6.07) is 9.69. The van der Waals surface area contributed by atoms with E-state index < -0.39 is 0 Å².